The third kappa shape index (κ3) is 6.37. The number of thioether (sulfide) groups is 1. The van der Waals surface area contributed by atoms with Gasteiger partial charge in [0, 0.05) is 5.56 Å². The largest absolute Gasteiger partial charge is 0.493 e. The van der Waals surface area contributed by atoms with E-state index in [1.54, 1.807) is 55.7 Å². The molecule has 0 saturated carbocycles. The maximum Gasteiger partial charge on any atom is 0.293 e. The van der Waals surface area contributed by atoms with Crippen LogP contribution in [0.2, 0.25) is 0 Å². The molecule has 1 fully saturated rings. The van der Waals surface area contributed by atoms with Gasteiger partial charge in [-0.3, -0.25) is 14.5 Å². The highest BCUT2D eigenvalue weighted by Gasteiger charge is 2.35. The third-order valence-corrected chi connectivity index (χ3v) is 7.10. The number of benzene rings is 3. The van der Waals surface area contributed by atoms with Crippen LogP contribution in [0.15, 0.2) is 65.6 Å². The van der Waals surface area contributed by atoms with Crippen LogP contribution in [0.3, 0.4) is 0 Å². The van der Waals surface area contributed by atoms with Crippen molar-refractivity contribution < 1.29 is 32.9 Å². The van der Waals surface area contributed by atoms with Gasteiger partial charge in [-0.25, -0.2) is 4.39 Å². The maximum absolute atomic E-state index is 14.0. The van der Waals surface area contributed by atoms with E-state index >= 15 is 0 Å². The fraction of sp³-hybridized carbons (Fsp3) is 0.185. The predicted molar refractivity (Wildman–Crippen MR) is 148 cm³/mol. The molecule has 2 amide bonds. The Morgan fingerprint density at radius 3 is 2.38 bits per heavy atom. The number of imide groups is 1. The van der Waals surface area contributed by atoms with Gasteiger partial charge in [-0.2, -0.15) is 0 Å². The lowest BCUT2D eigenvalue weighted by molar-refractivity contribution is -0.123. The summed E-state index contributed by atoms with van der Waals surface area (Å²) in [5, 5.41) is -0.369. The van der Waals surface area contributed by atoms with Gasteiger partial charge >= 0.3 is 0 Å². The van der Waals surface area contributed by atoms with E-state index < -0.39 is 5.91 Å². The molecular formula is C27H23FINO6S. The number of para-hydroxylation sites is 2. The molecule has 4 rings (SSSR count). The SMILES string of the molecule is COc1ccccc1OCCN1C(=O)S/C(=C\c2cc(I)c(OCc3ccccc3F)c(OC)c2)C1=O. The first-order valence-corrected chi connectivity index (χ1v) is 13.1. The lowest BCUT2D eigenvalue weighted by atomic mass is 10.1. The molecule has 0 spiro atoms. The number of hydrogen-bond donors (Lipinski definition) is 0. The number of nitrogens with zero attached hydrogens (tertiary/aromatic N) is 1. The Labute approximate surface area is 231 Å². The van der Waals surface area contributed by atoms with E-state index in [4.69, 9.17) is 18.9 Å². The summed E-state index contributed by atoms with van der Waals surface area (Å²) in [6.07, 6.45) is 1.64. The number of rotatable bonds is 10. The molecule has 192 valence electrons. The normalized spacial score (nSPS) is 14.3. The zero-order valence-electron chi connectivity index (χ0n) is 20.0. The second-order valence-electron chi connectivity index (χ2n) is 7.75. The second kappa shape index (κ2) is 12.3. The number of carbonyl (C=O) groups is 2. The van der Waals surface area contributed by atoms with Gasteiger partial charge in [0.15, 0.2) is 23.0 Å². The van der Waals surface area contributed by atoms with Crippen molar-refractivity contribution in [1.82, 2.24) is 4.90 Å². The fourth-order valence-corrected chi connectivity index (χ4v) is 5.20. The van der Waals surface area contributed by atoms with E-state index in [-0.39, 0.29) is 30.8 Å². The van der Waals surface area contributed by atoms with Crippen molar-refractivity contribution in [2.75, 3.05) is 27.4 Å². The molecule has 1 aliphatic heterocycles. The van der Waals surface area contributed by atoms with E-state index in [9.17, 15) is 14.0 Å². The number of ether oxygens (including phenoxy) is 4. The first-order chi connectivity index (χ1) is 17.9. The van der Waals surface area contributed by atoms with Crippen LogP contribution in [0.1, 0.15) is 11.1 Å². The quantitative estimate of drug-likeness (QED) is 0.196. The molecule has 0 N–H and O–H groups in total. The maximum atomic E-state index is 14.0. The fourth-order valence-electron chi connectivity index (χ4n) is 3.56. The van der Waals surface area contributed by atoms with Crippen LogP contribution in [0, 0.1) is 9.39 Å². The average Bonchev–Trinajstić information content (AvgIpc) is 3.16. The van der Waals surface area contributed by atoms with Gasteiger partial charge in [-0.05, 0) is 76.3 Å². The predicted octanol–water partition coefficient (Wildman–Crippen LogP) is 6.14. The molecule has 3 aromatic carbocycles. The Bertz CT molecular complexity index is 1350. The Morgan fingerprint density at radius 1 is 0.946 bits per heavy atom. The van der Waals surface area contributed by atoms with Crippen molar-refractivity contribution in [2.45, 2.75) is 6.61 Å². The molecule has 0 unspecified atom stereocenters. The first kappa shape index (κ1) is 26.8. The summed E-state index contributed by atoms with van der Waals surface area (Å²) < 4.78 is 37.0. The molecule has 7 nitrogen and oxygen atoms in total. The van der Waals surface area contributed by atoms with Gasteiger partial charge < -0.3 is 18.9 Å². The number of amides is 2. The summed E-state index contributed by atoms with van der Waals surface area (Å²) in [6.45, 7) is 0.267. The highest BCUT2D eigenvalue weighted by atomic mass is 127. The average molecular weight is 635 g/mol. The van der Waals surface area contributed by atoms with Gasteiger partial charge in [0.05, 0.1) is 29.2 Å². The minimum Gasteiger partial charge on any atom is -0.493 e. The van der Waals surface area contributed by atoms with Gasteiger partial charge in [0.2, 0.25) is 0 Å². The van der Waals surface area contributed by atoms with Crippen LogP contribution in [-0.2, 0) is 11.4 Å². The molecule has 37 heavy (non-hydrogen) atoms. The third-order valence-electron chi connectivity index (χ3n) is 5.39. The van der Waals surface area contributed by atoms with Crippen molar-refractivity contribution in [1.29, 1.82) is 0 Å². The van der Waals surface area contributed by atoms with Crippen LogP contribution in [0.25, 0.3) is 6.08 Å². The summed E-state index contributed by atoms with van der Waals surface area (Å²) in [5.41, 5.74) is 1.09. The molecule has 0 aliphatic carbocycles. The number of hydrogen-bond acceptors (Lipinski definition) is 7. The smallest absolute Gasteiger partial charge is 0.293 e. The van der Waals surface area contributed by atoms with Crippen LogP contribution >= 0.6 is 34.4 Å². The van der Waals surface area contributed by atoms with E-state index in [1.165, 1.54) is 13.2 Å². The highest BCUT2D eigenvalue weighted by Crippen LogP contribution is 2.38. The highest BCUT2D eigenvalue weighted by molar-refractivity contribution is 14.1. The molecule has 0 atom stereocenters. The monoisotopic (exact) mass is 635 g/mol. The number of carbonyl (C=O) groups excluding carboxylic acids is 2. The zero-order chi connectivity index (χ0) is 26.4. The van der Waals surface area contributed by atoms with Crippen molar-refractivity contribution in [3.8, 4) is 23.0 Å². The number of halogens is 2. The van der Waals surface area contributed by atoms with Crippen LogP contribution in [-0.4, -0.2) is 43.4 Å². The van der Waals surface area contributed by atoms with Gasteiger partial charge in [0.1, 0.15) is 19.0 Å². The van der Waals surface area contributed by atoms with Gasteiger partial charge in [0.25, 0.3) is 11.1 Å². The standard InChI is InChI=1S/C27H23FINO6S/c1-33-21-9-5-6-10-22(21)35-12-11-30-26(31)24(37-27(30)32)15-17-13-20(29)25(23(14-17)34-2)36-16-18-7-3-4-8-19(18)28/h3-10,13-15H,11-12,16H2,1-2H3/b24-15-. The van der Waals surface area contributed by atoms with Crippen molar-refractivity contribution in [2.24, 2.45) is 0 Å². The van der Waals surface area contributed by atoms with E-state index in [0.29, 0.717) is 42.6 Å². The second-order valence-corrected chi connectivity index (χ2v) is 9.90. The molecule has 0 radical (unpaired) electrons. The van der Waals surface area contributed by atoms with E-state index in [2.05, 4.69) is 22.6 Å². The minimum atomic E-state index is -0.396. The minimum absolute atomic E-state index is 0.0359. The number of methoxy groups -OCH3 is 2. The molecule has 10 heteroatoms. The molecular weight excluding hydrogens is 612 g/mol. The summed E-state index contributed by atoms with van der Waals surface area (Å²) in [5.74, 6) is 1.25. The van der Waals surface area contributed by atoms with E-state index in [0.717, 1.165) is 16.7 Å². The Kier molecular flexibility index (Phi) is 8.93. The topological polar surface area (TPSA) is 74.3 Å². The van der Waals surface area contributed by atoms with Gasteiger partial charge in [-0.15, -0.1) is 0 Å². The summed E-state index contributed by atoms with van der Waals surface area (Å²) >= 11 is 2.96. The molecule has 0 aromatic heterocycles. The van der Waals surface area contributed by atoms with Gasteiger partial charge in [-0.1, -0.05) is 30.3 Å². The lowest BCUT2D eigenvalue weighted by Crippen LogP contribution is -2.32. The van der Waals surface area contributed by atoms with Crippen LogP contribution in [0.5, 0.6) is 23.0 Å². The van der Waals surface area contributed by atoms with Crippen molar-refractivity contribution in [3.05, 3.63) is 86.1 Å². The lowest BCUT2D eigenvalue weighted by Gasteiger charge is -2.15. The Hall–Kier alpha value is -3.25. The molecule has 1 aliphatic rings. The van der Waals surface area contributed by atoms with Crippen LogP contribution < -0.4 is 18.9 Å². The van der Waals surface area contributed by atoms with Crippen molar-refractivity contribution >= 4 is 51.6 Å². The molecule has 1 heterocycles. The zero-order valence-corrected chi connectivity index (χ0v) is 23.0. The van der Waals surface area contributed by atoms with E-state index in [1.807, 2.05) is 12.1 Å². The Balaban J connectivity index is 1.45. The van der Waals surface area contributed by atoms with Crippen LogP contribution in [0.4, 0.5) is 9.18 Å². The Morgan fingerprint density at radius 2 is 1.65 bits per heavy atom. The summed E-state index contributed by atoms with van der Waals surface area (Å²) in [7, 11) is 3.04. The summed E-state index contributed by atoms with van der Waals surface area (Å²) in [4.78, 5) is 26.9. The summed E-state index contributed by atoms with van der Waals surface area (Å²) in [6, 6.07) is 17.1. The molecule has 1 saturated heterocycles. The first-order valence-electron chi connectivity index (χ1n) is 11.2. The van der Waals surface area contributed by atoms with Crippen molar-refractivity contribution in [3.63, 3.8) is 0 Å². The molecule has 3 aromatic rings. The molecule has 0 bridgehead atoms.